The lowest BCUT2D eigenvalue weighted by Crippen LogP contribution is -2.36. The molecular formula is C12H26N2. The van der Waals surface area contributed by atoms with E-state index >= 15 is 0 Å². The third-order valence-corrected chi connectivity index (χ3v) is 3.35. The number of likely N-dealkylation sites (tertiary alicyclic amines) is 1. The van der Waals surface area contributed by atoms with E-state index in [2.05, 4.69) is 25.7 Å². The highest BCUT2D eigenvalue weighted by molar-refractivity contribution is 4.73. The summed E-state index contributed by atoms with van der Waals surface area (Å²) in [5.74, 6) is 1.79. The molecule has 2 N–H and O–H groups in total. The molecule has 0 aliphatic carbocycles. The molecule has 1 heterocycles. The maximum absolute atomic E-state index is 5.83. The molecule has 0 aromatic rings. The standard InChI is InChI=1S/C12H26N2/c1-10(2)12-5-4-7-14(8-6-12)9-11(3)13/h10-12H,4-9,13H2,1-3H3/t11-,12?/m1/s1. The summed E-state index contributed by atoms with van der Waals surface area (Å²) >= 11 is 0. The van der Waals surface area contributed by atoms with E-state index in [0.717, 1.165) is 18.4 Å². The zero-order chi connectivity index (χ0) is 10.6. The molecule has 2 nitrogen and oxygen atoms in total. The Kier molecular flexibility index (Phi) is 4.90. The molecule has 84 valence electrons. The van der Waals surface area contributed by atoms with Gasteiger partial charge in [0.2, 0.25) is 0 Å². The number of hydrogen-bond donors (Lipinski definition) is 1. The fraction of sp³-hybridized carbons (Fsp3) is 1.00. The second kappa shape index (κ2) is 5.72. The van der Waals surface area contributed by atoms with Gasteiger partial charge in [0.05, 0.1) is 0 Å². The van der Waals surface area contributed by atoms with Crippen molar-refractivity contribution in [2.75, 3.05) is 19.6 Å². The topological polar surface area (TPSA) is 29.3 Å². The molecule has 0 spiro atoms. The molecule has 0 amide bonds. The number of hydrogen-bond acceptors (Lipinski definition) is 2. The van der Waals surface area contributed by atoms with E-state index < -0.39 is 0 Å². The second-order valence-electron chi connectivity index (χ2n) is 5.21. The van der Waals surface area contributed by atoms with Crippen LogP contribution in [0.2, 0.25) is 0 Å². The number of nitrogens with two attached hydrogens (primary N) is 1. The van der Waals surface area contributed by atoms with Gasteiger partial charge in [-0.3, -0.25) is 0 Å². The summed E-state index contributed by atoms with van der Waals surface area (Å²) in [7, 11) is 0. The van der Waals surface area contributed by atoms with Gasteiger partial charge in [0.25, 0.3) is 0 Å². The summed E-state index contributed by atoms with van der Waals surface area (Å²) in [6, 6.07) is 0.325. The molecule has 0 aromatic heterocycles. The van der Waals surface area contributed by atoms with Crippen molar-refractivity contribution in [1.29, 1.82) is 0 Å². The monoisotopic (exact) mass is 198 g/mol. The van der Waals surface area contributed by atoms with Crippen molar-refractivity contribution in [2.24, 2.45) is 17.6 Å². The highest BCUT2D eigenvalue weighted by Crippen LogP contribution is 2.24. The van der Waals surface area contributed by atoms with Gasteiger partial charge in [-0.25, -0.2) is 0 Å². The lowest BCUT2D eigenvalue weighted by molar-refractivity contribution is 0.261. The Bertz CT molecular complexity index is 154. The molecule has 14 heavy (non-hydrogen) atoms. The third-order valence-electron chi connectivity index (χ3n) is 3.35. The first kappa shape index (κ1) is 12.0. The van der Waals surface area contributed by atoms with Crippen molar-refractivity contribution in [2.45, 2.75) is 46.1 Å². The van der Waals surface area contributed by atoms with Gasteiger partial charge in [0.1, 0.15) is 0 Å². The van der Waals surface area contributed by atoms with Crippen LogP contribution in [0.4, 0.5) is 0 Å². The summed E-state index contributed by atoms with van der Waals surface area (Å²) in [5.41, 5.74) is 5.83. The maximum atomic E-state index is 5.83. The summed E-state index contributed by atoms with van der Waals surface area (Å²) in [6.45, 7) is 10.4. The highest BCUT2D eigenvalue weighted by Gasteiger charge is 2.19. The van der Waals surface area contributed by atoms with Crippen LogP contribution < -0.4 is 5.73 Å². The van der Waals surface area contributed by atoms with Gasteiger partial charge >= 0.3 is 0 Å². The van der Waals surface area contributed by atoms with Gasteiger partial charge in [0.15, 0.2) is 0 Å². The van der Waals surface area contributed by atoms with Crippen LogP contribution in [0, 0.1) is 11.8 Å². The van der Waals surface area contributed by atoms with E-state index in [1.54, 1.807) is 0 Å². The average Bonchev–Trinajstić information content (AvgIpc) is 2.28. The van der Waals surface area contributed by atoms with Crippen molar-refractivity contribution >= 4 is 0 Å². The van der Waals surface area contributed by atoms with Crippen LogP contribution in [-0.4, -0.2) is 30.6 Å². The van der Waals surface area contributed by atoms with E-state index in [1.165, 1.54) is 32.4 Å². The second-order valence-corrected chi connectivity index (χ2v) is 5.21. The van der Waals surface area contributed by atoms with Crippen molar-refractivity contribution in [3.8, 4) is 0 Å². The van der Waals surface area contributed by atoms with Gasteiger partial charge in [-0.15, -0.1) is 0 Å². The van der Waals surface area contributed by atoms with Crippen LogP contribution in [0.15, 0.2) is 0 Å². The summed E-state index contributed by atoms with van der Waals surface area (Å²) in [4.78, 5) is 2.53. The van der Waals surface area contributed by atoms with E-state index in [1.807, 2.05) is 0 Å². The van der Waals surface area contributed by atoms with Crippen LogP contribution in [0.1, 0.15) is 40.0 Å². The van der Waals surface area contributed by atoms with E-state index in [4.69, 9.17) is 5.73 Å². The lowest BCUT2D eigenvalue weighted by atomic mass is 9.89. The van der Waals surface area contributed by atoms with Crippen molar-refractivity contribution < 1.29 is 0 Å². The Labute approximate surface area is 88.8 Å². The molecule has 1 unspecified atom stereocenters. The Morgan fingerprint density at radius 2 is 1.93 bits per heavy atom. The van der Waals surface area contributed by atoms with Crippen LogP contribution in [-0.2, 0) is 0 Å². The van der Waals surface area contributed by atoms with Crippen LogP contribution in [0.5, 0.6) is 0 Å². The zero-order valence-corrected chi connectivity index (χ0v) is 10.00. The first-order chi connectivity index (χ1) is 6.59. The molecule has 2 heteroatoms. The molecule has 0 saturated carbocycles. The molecule has 1 fully saturated rings. The van der Waals surface area contributed by atoms with Crippen molar-refractivity contribution in [3.05, 3.63) is 0 Å². The molecule has 1 saturated heterocycles. The fourth-order valence-corrected chi connectivity index (χ4v) is 2.44. The average molecular weight is 198 g/mol. The summed E-state index contributed by atoms with van der Waals surface area (Å²) < 4.78 is 0. The molecule has 2 atom stereocenters. The smallest absolute Gasteiger partial charge is 0.0139 e. The quantitative estimate of drug-likeness (QED) is 0.752. The zero-order valence-electron chi connectivity index (χ0n) is 10.00. The minimum absolute atomic E-state index is 0.325. The largest absolute Gasteiger partial charge is 0.327 e. The predicted octanol–water partition coefficient (Wildman–Crippen LogP) is 2.09. The maximum Gasteiger partial charge on any atom is 0.0139 e. The lowest BCUT2D eigenvalue weighted by Gasteiger charge is -2.22. The van der Waals surface area contributed by atoms with Crippen LogP contribution in [0.3, 0.4) is 0 Å². The van der Waals surface area contributed by atoms with Crippen molar-refractivity contribution in [3.63, 3.8) is 0 Å². The Morgan fingerprint density at radius 1 is 1.21 bits per heavy atom. The van der Waals surface area contributed by atoms with Crippen LogP contribution >= 0.6 is 0 Å². The van der Waals surface area contributed by atoms with Gasteiger partial charge in [-0.1, -0.05) is 13.8 Å². The molecule has 0 bridgehead atoms. The van der Waals surface area contributed by atoms with Crippen molar-refractivity contribution in [1.82, 2.24) is 4.90 Å². The van der Waals surface area contributed by atoms with E-state index in [9.17, 15) is 0 Å². The fourth-order valence-electron chi connectivity index (χ4n) is 2.44. The van der Waals surface area contributed by atoms with E-state index in [0.29, 0.717) is 6.04 Å². The minimum atomic E-state index is 0.325. The minimum Gasteiger partial charge on any atom is -0.327 e. The first-order valence-electron chi connectivity index (χ1n) is 6.07. The van der Waals surface area contributed by atoms with Gasteiger partial charge in [-0.2, -0.15) is 0 Å². The molecule has 1 aliphatic rings. The molecule has 1 rings (SSSR count). The van der Waals surface area contributed by atoms with Gasteiger partial charge in [0, 0.05) is 12.6 Å². The number of rotatable bonds is 3. The Morgan fingerprint density at radius 3 is 2.50 bits per heavy atom. The van der Waals surface area contributed by atoms with Crippen LogP contribution in [0.25, 0.3) is 0 Å². The predicted molar refractivity (Wildman–Crippen MR) is 62.3 cm³/mol. The highest BCUT2D eigenvalue weighted by atomic mass is 15.1. The number of nitrogens with zero attached hydrogens (tertiary/aromatic N) is 1. The molecule has 0 radical (unpaired) electrons. The molecule has 1 aliphatic heterocycles. The molecule has 0 aromatic carbocycles. The SMILES string of the molecule is CC(C)C1CCCN(C[C@@H](C)N)CC1. The van der Waals surface area contributed by atoms with Gasteiger partial charge < -0.3 is 10.6 Å². The Balaban J connectivity index is 2.33. The first-order valence-corrected chi connectivity index (χ1v) is 6.07. The normalized spacial score (nSPS) is 27.6. The Hall–Kier alpha value is -0.0800. The summed E-state index contributed by atoms with van der Waals surface area (Å²) in [6.07, 6.45) is 4.13. The third kappa shape index (κ3) is 3.97. The molecular weight excluding hydrogens is 172 g/mol. The van der Waals surface area contributed by atoms with E-state index in [-0.39, 0.29) is 0 Å². The summed E-state index contributed by atoms with van der Waals surface area (Å²) in [5, 5.41) is 0. The van der Waals surface area contributed by atoms with Gasteiger partial charge in [-0.05, 0) is 51.1 Å².